The van der Waals surface area contributed by atoms with Crippen LogP contribution < -0.4 is 4.74 Å². The van der Waals surface area contributed by atoms with Gasteiger partial charge in [-0.2, -0.15) is 0 Å². The Bertz CT molecular complexity index is 865. The van der Waals surface area contributed by atoms with Crippen LogP contribution in [0.5, 0.6) is 5.75 Å². The molecule has 0 aliphatic rings. The minimum absolute atomic E-state index is 0.0169. The van der Waals surface area contributed by atoms with Crippen molar-refractivity contribution in [1.29, 1.82) is 0 Å². The summed E-state index contributed by atoms with van der Waals surface area (Å²) >= 11 is 0. The van der Waals surface area contributed by atoms with Crippen LogP contribution in [0.2, 0.25) is 0 Å². The molecular weight excluding hydrogens is 404 g/mol. The second-order valence-electron chi connectivity index (χ2n) is 9.55. The van der Waals surface area contributed by atoms with E-state index in [9.17, 15) is 9.59 Å². The van der Waals surface area contributed by atoms with E-state index in [4.69, 9.17) is 14.2 Å². The number of hydrogen-bond acceptors (Lipinski definition) is 5. The second-order valence-corrected chi connectivity index (χ2v) is 9.55. The lowest BCUT2D eigenvalue weighted by Gasteiger charge is -2.29. The van der Waals surface area contributed by atoms with Crippen molar-refractivity contribution in [2.24, 2.45) is 11.8 Å². The molecular formula is C27H36O5. The van der Waals surface area contributed by atoms with E-state index in [1.54, 1.807) is 27.7 Å². The summed E-state index contributed by atoms with van der Waals surface area (Å²) in [5, 5.41) is 0. The molecule has 0 aliphatic carbocycles. The molecule has 0 heterocycles. The molecule has 0 aliphatic heterocycles. The van der Waals surface area contributed by atoms with Gasteiger partial charge in [0, 0.05) is 0 Å². The van der Waals surface area contributed by atoms with Gasteiger partial charge in [-0.05, 0) is 56.9 Å². The van der Waals surface area contributed by atoms with Crippen molar-refractivity contribution < 1.29 is 23.8 Å². The van der Waals surface area contributed by atoms with Gasteiger partial charge in [0.05, 0.1) is 12.3 Å². The smallest absolute Gasteiger partial charge is 0.309 e. The molecule has 0 fully saturated rings. The Morgan fingerprint density at radius 1 is 0.844 bits per heavy atom. The predicted octanol–water partition coefficient (Wildman–Crippen LogP) is 6.06. The Balaban J connectivity index is 1.97. The first kappa shape index (κ1) is 25.4. The first-order valence-electron chi connectivity index (χ1n) is 11.2. The fraction of sp³-hybridized carbons (Fsp3) is 0.481. The molecule has 174 valence electrons. The summed E-state index contributed by atoms with van der Waals surface area (Å²) in [4.78, 5) is 24.6. The second kappa shape index (κ2) is 11.2. The Kier molecular flexibility index (Phi) is 8.88. The van der Waals surface area contributed by atoms with E-state index >= 15 is 0 Å². The lowest BCUT2D eigenvalue weighted by atomic mass is 10.0. The maximum Gasteiger partial charge on any atom is 0.309 e. The fourth-order valence-corrected chi connectivity index (χ4v) is 3.37. The van der Waals surface area contributed by atoms with E-state index in [2.05, 4.69) is 12.1 Å². The predicted molar refractivity (Wildman–Crippen MR) is 126 cm³/mol. The van der Waals surface area contributed by atoms with Crippen molar-refractivity contribution >= 4 is 11.9 Å². The molecule has 2 aromatic carbocycles. The fourth-order valence-electron chi connectivity index (χ4n) is 3.37. The van der Waals surface area contributed by atoms with Crippen molar-refractivity contribution in [2.75, 3.05) is 0 Å². The van der Waals surface area contributed by atoms with Crippen molar-refractivity contribution in [2.45, 2.75) is 72.7 Å². The molecule has 0 unspecified atom stereocenters. The molecule has 0 amide bonds. The molecule has 0 aromatic heterocycles. The molecule has 0 bridgehead atoms. The molecule has 0 N–H and O–H groups in total. The minimum Gasteiger partial charge on any atom is -0.486 e. The third-order valence-corrected chi connectivity index (χ3v) is 4.95. The van der Waals surface area contributed by atoms with Crippen LogP contribution in [0.15, 0.2) is 54.6 Å². The summed E-state index contributed by atoms with van der Waals surface area (Å²) in [5.41, 5.74) is 1.66. The number of ether oxygens (including phenoxy) is 3. The summed E-state index contributed by atoms with van der Waals surface area (Å²) in [5.74, 6) is -0.604. The molecule has 32 heavy (non-hydrogen) atoms. The van der Waals surface area contributed by atoms with Crippen LogP contribution >= 0.6 is 0 Å². The van der Waals surface area contributed by atoms with Gasteiger partial charge in [0.1, 0.15) is 23.6 Å². The first-order valence-corrected chi connectivity index (χ1v) is 11.2. The lowest BCUT2D eigenvalue weighted by molar-refractivity contribution is -0.165. The zero-order valence-electron chi connectivity index (χ0n) is 20.3. The van der Waals surface area contributed by atoms with Crippen molar-refractivity contribution in [3.8, 4) is 16.9 Å². The maximum atomic E-state index is 12.6. The Morgan fingerprint density at radius 2 is 1.41 bits per heavy atom. The van der Waals surface area contributed by atoms with Crippen LogP contribution in [0.4, 0.5) is 0 Å². The molecule has 0 spiro atoms. The van der Waals surface area contributed by atoms with E-state index in [1.807, 2.05) is 63.2 Å². The highest BCUT2D eigenvalue weighted by Crippen LogP contribution is 2.25. The summed E-state index contributed by atoms with van der Waals surface area (Å²) in [6.45, 7) is 12.9. The number of hydrogen-bond donors (Lipinski definition) is 0. The third kappa shape index (κ3) is 8.03. The Labute approximate surface area is 192 Å². The Hall–Kier alpha value is -2.82. The van der Waals surface area contributed by atoms with Gasteiger partial charge in [-0.3, -0.25) is 9.59 Å². The van der Waals surface area contributed by atoms with E-state index in [0.717, 1.165) is 11.1 Å². The number of carbonyl (C=O) groups excluding carboxylic acids is 2. The third-order valence-electron chi connectivity index (χ3n) is 4.95. The molecule has 3 atom stereocenters. The zero-order chi connectivity index (χ0) is 23.9. The van der Waals surface area contributed by atoms with Gasteiger partial charge in [0.25, 0.3) is 0 Å². The number of benzene rings is 2. The van der Waals surface area contributed by atoms with Gasteiger partial charge in [-0.1, -0.05) is 63.2 Å². The molecule has 0 saturated heterocycles. The minimum atomic E-state index is -0.592. The highest BCUT2D eigenvalue weighted by atomic mass is 16.6. The molecule has 0 saturated carbocycles. The number of esters is 2. The maximum absolute atomic E-state index is 12.6. The van der Waals surface area contributed by atoms with Gasteiger partial charge in [0.2, 0.25) is 0 Å². The highest BCUT2D eigenvalue weighted by molar-refractivity contribution is 5.80. The first-order chi connectivity index (χ1) is 15.0. The van der Waals surface area contributed by atoms with E-state index in [1.165, 1.54) is 0 Å². The summed E-state index contributed by atoms with van der Waals surface area (Å²) in [7, 11) is 0. The largest absolute Gasteiger partial charge is 0.486 e. The lowest BCUT2D eigenvalue weighted by Crippen LogP contribution is -2.39. The topological polar surface area (TPSA) is 61.8 Å². The van der Waals surface area contributed by atoms with Crippen molar-refractivity contribution in [3.63, 3.8) is 0 Å². The quantitative estimate of drug-likeness (QED) is 0.444. The van der Waals surface area contributed by atoms with Crippen LogP contribution in [0.3, 0.4) is 0 Å². The van der Waals surface area contributed by atoms with Gasteiger partial charge in [-0.15, -0.1) is 0 Å². The zero-order valence-corrected chi connectivity index (χ0v) is 20.3. The van der Waals surface area contributed by atoms with Crippen LogP contribution in [-0.2, 0) is 19.1 Å². The summed E-state index contributed by atoms with van der Waals surface area (Å²) < 4.78 is 17.1. The van der Waals surface area contributed by atoms with Gasteiger partial charge < -0.3 is 14.2 Å². The van der Waals surface area contributed by atoms with Gasteiger partial charge >= 0.3 is 11.9 Å². The molecule has 0 radical (unpaired) electrons. The standard InChI is InChI=1S/C27H36O5/c1-18(2)25(20(4)30-26(29)19(3)17-24(28)32-27(5,6)7)31-23-15-13-22(14-16-23)21-11-9-8-10-12-21/h8-16,18-20,25H,17H2,1-7H3/t19-,20+,25-/m1/s1. The van der Waals surface area contributed by atoms with Gasteiger partial charge in [-0.25, -0.2) is 0 Å². The Morgan fingerprint density at radius 3 is 1.94 bits per heavy atom. The van der Waals surface area contributed by atoms with Gasteiger partial charge in [0.15, 0.2) is 0 Å². The number of rotatable bonds is 9. The van der Waals surface area contributed by atoms with Crippen LogP contribution in [0, 0.1) is 11.8 Å². The van der Waals surface area contributed by atoms with Crippen LogP contribution in [-0.4, -0.2) is 29.7 Å². The SMILES string of the molecule is CC(C)[C@@H](Oc1ccc(-c2ccccc2)cc1)[C@H](C)OC(=O)[C@H](C)CC(=O)OC(C)(C)C. The van der Waals surface area contributed by atoms with Crippen LogP contribution in [0.1, 0.15) is 54.9 Å². The monoisotopic (exact) mass is 440 g/mol. The average Bonchev–Trinajstić information content (AvgIpc) is 2.71. The van der Waals surface area contributed by atoms with Crippen molar-refractivity contribution in [3.05, 3.63) is 54.6 Å². The number of carbonyl (C=O) groups is 2. The summed E-state index contributed by atoms with van der Waals surface area (Å²) in [6, 6.07) is 18.0. The van der Waals surface area contributed by atoms with Crippen LogP contribution in [0.25, 0.3) is 11.1 Å². The normalized spacial score (nSPS) is 14.4. The molecule has 2 aromatic rings. The molecule has 2 rings (SSSR count). The van der Waals surface area contributed by atoms with Crippen molar-refractivity contribution in [1.82, 2.24) is 0 Å². The van der Waals surface area contributed by atoms with E-state index in [-0.39, 0.29) is 18.4 Å². The van der Waals surface area contributed by atoms with E-state index in [0.29, 0.717) is 5.75 Å². The molecule has 5 nitrogen and oxygen atoms in total. The average molecular weight is 441 g/mol. The van der Waals surface area contributed by atoms with E-state index < -0.39 is 29.6 Å². The molecule has 5 heteroatoms. The highest BCUT2D eigenvalue weighted by Gasteiger charge is 2.29. The summed E-state index contributed by atoms with van der Waals surface area (Å²) in [6.07, 6.45) is -0.815.